The monoisotopic (exact) mass is 959 g/mol. The van der Waals surface area contributed by atoms with Gasteiger partial charge in [-0.15, -0.1) is 0 Å². The number of rotatable bonds is 34. The smallest absolute Gasteiger partial charge is 0.159 e. The summed E-state index contributed by atoms with van der Waals surface area (Å²) < 4.78 is 19.9. The van der Waals surface area contributed by atoms with Gasteiger partial charge in [0.2, 0.25) is 0 Å². The van der Waals surface area contributed by atoms with Gasteiger partial charge in [0.05, 0.1) is 13.2 Å². The van der Waals surface area contributed by atoms with E-state index in [0.29, 0.717) is 25.0 Å². The minimum atomic E-state index is -0.412. The second kappa shape index (κ2) is 31.1. The lowest BCUT2D eigenvalue weighted by Gasteiger charge is -2.27. The Morgan fingerprint density at radius 3 is 0.972 bits per heavy atom. The van der Waals surface area contributed by atoms with Crippen molar-refractivity contribution < 1.29 is 14.2 Å². The van der Waals surface area contributed by atoms with Gasteiger partial charge in [-0.3, -0.25) is 0 Å². The molecule has 0 saturated heterocycles. The lowest BCUT2D eigenvalue weighted by molar-refractivity contribution is 0.0308. The fourth-order valence-electron chi connectivity index (χ4n) is 8.83. The molecule has 2 heterocycles. The van der Waals surface area contributed by atoms with Crippen molar-refractivity contribution in [3.05, 3.63) is 155 Å². The number of unbranched alkanes of at least 4 members (excludes halogenated alkanes) is 14. The molecule has 380 valence electrons. The second-order valence-corrected chi connectivity index (χ2v) is 20.2. The fraction of sp³-hybridized carbons (Fsp3) is 0.500. The third-order valence-corrected chi connectivity index (χ3v) is 14.1. The Morgan fingerprint density at radius 2 is 0.662 bits per heavy atom. The van der Waals surface area contributed by atoms with Crippen molar-refractivity contribution in [3.8, 4) is 34.3 Å². The van der Waals surface area contributed by atoms with Crippen molar-refractivity contribution in [1.29, 1.82) is 0 Å². The third kappa shape index (κ3) is 18.6. The van der Waals surface area contributed by atoms with Crippen LogP contribution in [0.1, 0.15) is 203 Å². The molecule has 0 aliphatic heterocycles. The van der Waals surface area contributed by atoms with Gasteiger partial charge in [-0.2, -0.15) is 0 Å². The summed E-state index contributed by atoms with van der Waals surface area (Å²) in [5, 5.41) is 0. The number of benzene rings is 4. The molecule has 4 aromatic carbocycles. The summed E-state index contributed by atoms with van der Waals surface area (Å²) in [5.41, 5.74) is 8.48. The van der Waals surface area contributed by atoms with E-state index in [4.69, 9.17) is 34.1 Å². The molecule has 0 fully saturated rings. The average molecular weight is 959 g/mol. The zero-order chi connectivity index (χ0) is 49.9. The van der Waals surface area contributed by atoms with Crippen LogP contribution in [0.2, 0.25) is 0 Å². The Kier molecular flexibility index (Phi) is 24.1. The molecule has 0 aliphatic rings. The van der Waals surface area contributed by atoms with Crippen LogP contribution in [0.5, 0.6) is 11.5 Å². The van der Waals surface area contributed by atoms with E-state index < -0.39 is 12.2 Å². The highest BCUT2D eigenvalue weighted by Gasteiger charge is 2.25. The largest absolute Gasteiger partial charge is 0.493 e. The molecular weight excluding hydrogens is 873 g/mol. The van der Waals surface area contributed by atoms with E-state index in [1.54, 1.807) is 0 Å². The molecule has 7 heteroatoms. The number of aromatic nitrogens is 4. The van der Waals surface area contributed by atoms with Crippen molar-refractivity contribution in [2.24, 2.45) is 11.8 Å². The summed E-state index contributed by atoms with van der Waals surface area (Å²) >= 11 is 0. The Hall–Kier alpha value is -5.40. The van der Waals surface area contributed by atoms with Gasteiger partial charge >= 0.3 is 0 Å². The van der Waals surface area contributed by atoms with E-state index in [9.17, 15) is 0 Å². The second-order valence-electron chi connectivity index (χ2n) is 20.2. The van der Waals surface area contributed by atoms with E-state index in [-0.39, 0.29) is 0 Å². The quantitative estimate of drug-likeness (QED) is 0.0373. The van der Waals surface area contributed by atoms with E-state index in [2.05, 4.69) is 139 Å². The number of nitrogens with zero attached hydrogens (tertiary/aromatic N) is 4. The zero-order valence-electron chi connectivity index (χ0n) is 44.4. The number of hydrogen-bond acceptors (Lipinski definition) is 7. The van der Waals surface area contributed by atoms with Crippen LogP contribution < -0.4 is 9.47 Å². The average Bonchev–Trinajstić information content (AvgIpc) is 3.42. The molecule has 7 nitrogen and oxygen atoms in total. The van der Waals surface area contributed by atoms with Gasteiger partial charge in [-0.1, -0.05) is 217 Å². The maximum atomic E-state index is 7.44. The molecule has 0 amide bonds. The van der Waals surface area contributed by atoms with Crippen LogP contribution >= 0.6 is 0 Å². The van der Waals surface area contributed by atoms with Crippen LogP contribution in [-0.4, -0.2) is 33.1 Å². The Morgan fingerprint density at radius 1 is 0.366 bits per heavy atom. The molecule has 6 rings (SSSR count). The molecule has 0 radical (unpaired) electrons. The van der Waals surface area contributed by atoms with E-state index in [1.807, 2.05) is 24.8 Å². The van der Waals surface area contributed by atoms with Crippen LogP contribution in [0.4, 0.5) is 0 Å². The highest BCUT2D eigenvalue weighted by molar-refractivity contribution is 5.57. The Labute approximate surface area is 429 Å². The predicted molar refractivity (Wildman–Crippen MR) is 295 cm³/mol. The SMILES string of the molecule is CCCCCCCCCCc1cnc(-c2ccc(C(OC(c3ccc(OCC(C)CC)cc3)c3ccc(-c4ncc(CCCCCCCCCC)cn4)cc3)c3ccc(OCC(C)CC)cc3)cc2)nc1. The topological polar surface area (TPSA) is 79.2 Å². The highest BCUT2D eigenvalue weighted by atomic mass is 16.5. The van der Waals surface area contributed by atoms with Gasteiger partial charge in [0.25, 0.3) is 0 Å². The van der Waals surface area contributed by atoms with Gasteiger partial charge in [0.15, 0.2) is 11.6 Å². The molecule has 71 heavy (non-hydrogen) atoms. The summed E-state index contributed by atoms with van der Waals surface area (Å²) in [6, 6.07) is 34.0. The first-order valence-electron chi connectivity index (χ1n) is 27.8. The van der Waals surface area contributed by atoms with E-state index in [1.165, 1.54) is 114 Å². The molecule has 0 aliphatic carbocycles. The van der Waals surface area contributed by atoms with Crippen LogP contribution in [0, 0.1) is 11.8 Å². The van der Waals surface area contributed by atoms with Crippen LogP contribution in [0.3, 0.4) is 0 Å². The molecule has 0 bridgehead atoms. The van der Waals surface area contributed by atoms with Gasteiger partial charge in [0.1, 0.15) is 23.7 Å². The molecule has 4 atom stereocenters. The predicted octanol–water partition coefficient (Wildman–Crippen LogP) is 17.7. The normalized spacial score (nSPS) is 13.2. The Balaban J connectivity index is 1.22. The lowest BCUT2D eigenvalue weighted by atomic mass is 9.96. The standard InChI is InChI=1S/C64H86N4O3/c1-7-11-13-15-17-19-21-23-25-51-43-65-63(66-44-51)57-31-27-53(28-32-57)61(55-35-39-59(40-36-55)69-47-49(5)9-3)71-62(56-37-41-60(42-38-56)70-48-50(6)10-4)54-29-33-58(34-30-54)64-67-45-52(46-68-64)26-24-22-20-18-16-14-12-8-2/h27-46,49-50,61-62H,7-26,47-48H2,1-6H3. The van der Waals surface area contributed by atoms with Crippen LogP contribution in [-0.2, 0) is 17.6 Å². The van der Waals surface area contributed by atoms with E-state index in [0.717, 1.165) is 82.2 Å². The molecule has 0 N–H and O–H groups in total. The number of hydrogen-bond donors (Lipinski definition) is 0. The molecule has 0 spiro atoms. The zero-order valence-corrected chi connectivity index (χ0v) is 44.4. The Bertz CT molecular complexity index is 2150. The van der Waals surface area contributed by atoms with Crippen molar-refractivity contribution in [2.45, 2.75) is 182 Å². The van der Waals surface area contributed by atoms with Crippen molar-refractivity contribution in [1.82, 2.24) is 19.9 Å². The summed E-state index contributed by atoms with van der Waals surface area (Å²) in [7, 11) is 0. The van der Waals surface area contributed by atoms with Crippen LogP contribution in [0.25, 0.3) is 22.8 Å². The molecular formula is C64H86N4O3. The first-order chi connectivity index (χ1) is 34.9. The fourth-order valence-corrected chi connectivity index (χ4v) is 8.83. The lowest BCUT2D eigenvalue weighted by Crippen LogP contribution is -2.14. The number of ether oxygens (including phenoxy) is 3. The summed E-state index contributed by atoms with van der Waals surface area (Å²) in [6.45, 7) is 14.8. The first-order valence-corrected chi connectivity index (χ1v) is 27.8. The minimum Gasteiger partial charge on any atom is -0.493 e. The van der Waals surface area contributed by atoms with Gasteiger partial charge in [-0.05, 0) is 95.2 Å². The molecule has 6 aromatic rings. The van der Waals surface area contributed by atoms with Crippen molar-refractivity contribution in [3.63, 3.8) is 0 Å². The third-order valence-electron chi connectivity index (χ3n) is 14.1. The molecule has 4 unspecified atom stereocenters. The molecule has 0 saturated carbocycles. The number of aryl methyl sites for hydroxylation is 2. The van der Waals surface area contributed by atoms with Gasteiger partial charge in [-0.25, -0.2) is 19.9 Å². The maximum absolute atomic E-state index is 7.44. The summed E-state index contributed by atoms with van der Waals surface area (Å²) in [6.07, 6.45) is 32.3. The van der Waals surface area contributed by atoms with E-state index >= 15 is 0 Å². The highest BCUT2D eigenvalue weighted by Crippen LogP contribution is 2.38. The summed E-state index contributed by atoms with van der Waals surface area (Å²) in [5.74, 6) is 4.13. The minimum absolute atomic E-state index is 0.412. The van der Waals surface area contributed by atoms with Gasteiger partial charge in [0, 0.05) is 35.9 Å². The first kappa shape index (κ1) is 54.9. The van der Waals surface area contributed by atoms with Crippen LogP contribution in [0.15, 0.2) is 122 Å². The van der Waals surface area contributed by atoms with Crippen molar-refractivity contribution in [2.75, 3.05) is 13.2 Å². The maximum Gasteiger partial charge on any atom is 0.159 e. The molecule has 2 aromatic heterocycles. The van der Waals surface area contributed by atoms with Gasteiger partial charge < -0.3 is 14.2 Å². The summed E-state index contributed by atoms with van der Waals surface area (Å²) in [4.78, 5) is 19.3. The van der Waals surface area contributed by atoms with Crippen molar-refractivity contribution >= 4 is 0 Å².